The van der Waals surface area contributed by atoms with E-state index in [0.717, 1.165) is 16.9 Å². The number of hydrogen-bond donors (Lipinski definition) is 0. The Morgan fingerprint density at radius 2 is 1.41 bits per heavy atom. The molecule has 0 spiro atoms. The van der Waals surface area contributed by atoms with Gasteiger partial charge in [-0.1, -0.05) is 32.0 Å². The maximum atomic E-state index is 12.4. The molecule has 5 heteroatoms. The first-order valence-corrected chi connectivity index (χ1v) is 9.03. The fourth-order valence-electron chi connectivity index (χ4n) is 3.81. The Bertz CT molecular complexity index is 915. The summed E-state index contributed by atoms with van der Waals surface area (Å²) in [7, 11) is 0. The second kappa shape index (κ2) is 6.12. The molecule has 1 aliphatic heterocycles. The third-order valence-corrected chi connectivity index (χ3v) is 5.56. The van der Waals surface area contributed by atoms with Gasteiger partial charge in [0.25, 0.3) is 0 Å². The lowest BCUT2D eigenvalue weighted by molar-refractivity contribution is -0.152. The fraction of sp³-hybridized carbons (Fsp3) is 0.364. The van der Waals surface area contributed by atoms with Crippen LogP contribution >= 0.6 is 0 Å². The summed E-state index contributed by atoms with van der Waals surface area (Å²) in [6.45, 7) is 9.50. The highest BCUT2D eigenvalue weighted by atomic mass is 16.2. The number of fused-ring (bicyclic) bond motifs is 1. The predicted octanol–water partition coefficient (Wildman–Crippen LogP) is 2.93. The van der Waals surface area contributed by atoms with Gasteiger partial charge in [0.15, 0.2) is 0 Å². The van der Waals surface area contributed by atoms with Gasteiger partial charge in [0.2, 0.25) is 23.1 Å². The number of ketones is 4. The van der Waals surface area contributed by atoms with Gasteiger partial charge in [-0.25, -0.2) is 0 Å². The van der Waals surface area contributed by atoms with Gasteiger partial charge >= 0.3 is 0 Å². The Labute approximate surface area is 158 Å². The van der Waals surface area contributed by atoms with E-state index in [1.54, 1.807) is 6.08 Å². The van der Waals surface area contributed by atoms with Crippen LogP contribution in [0.5, 0.6) is 0 Å². The van der Waals surface area contributed by atoms with Crippen LogP contribution in [0.1, 0.15) is 40.2 Å². The van der Waals surface area contributed by atoms with Gasteiger partial charge in [0, 0.05) is 23.3 Å². The minimum atomic E-state index is -1.59. The van der Waals surface area contributed by atoms with E-state index in [0.29, 0.717) is 6.54 Å². The van der Waals surface area contributed by atoms with Crippen molar-refractivity contribution in [1.29, 1.82) is 0 Å². The van der Waals surface area contributed by atoms with E-state index in [1.807, 2.05) is 25.1 Å². The molecule has 1 fully saturated rings. The lowest BCUT2D eigenvalue weighted by Crippen LogP contribution is -2.49. The largest absolute Gasteiger partial charge is 0.344 e. The second-order valence-corrected chi connectivity index (χ2v) is 7.96. The molecule has 0 bridgehead atoms. The topological polar surface area (TPSA) is 71.5 Å². The molecule has 0 aromatic heterocycles. The van der Waals surface area contributed by atoms with Crippen molar-refractivity contribution in [1.82, 2.24) is 0 Å². The van der Waals surface area contributed by atoms with Crippen molar-refractivity contribution >= 4 is 28.8 Å². The van der Waals surface area contributed by atoms with E-state index < -0.39 is 28.5 Å². The number of para-hydroxylation sites is 1. The molecule has 1 aromatic rings. The number of allylic oxidation sites excluding steroid dienone is 4. The molecule has 140 valence electrons. The number of Topliss-reactive ketones (excluding diaryl/α,β-unsaturated/α-hetero) is 4. The van der Waals surface area contributed by atoms with E-state index in [9.17, 15) is 19.2 Å². The van der Waals surface area contributed by atoms with E-state index in [-0.39, 0.29) is 11.0 Å². The monoisotopic (exact) mass is 365 g/mol. The number of benzene rings is 1. The first-order chi connectivity index (χ1) is 12.5. The summed E-state index contributed by atoms with van der Waals surface area (Å²) in [5, 5.41) is 0. The van der Waals surface area contributed by atoms with Crippen LogP contribution < -0.4 is 4.90 Å². The lowest BCUT2D eigenvalue weighted by atomic mass is 9.71. The van der Waals surface area contributed by atoms with Crippen molar-refractivity contribution in [2.45, 2.75) is 40.0 Å². The normalized spacial score (nSPS) is 22.5. The molecule has 1 aromatic carbocycles. The Morgan fingerprint density at radius 3 is 1.96 bits per heavy atom. The quantitative estimate of drug-likeness (QED) is 0.349. The highest BCUT2D eigenvalue weighted by Crippen LogP contribution is 2.47. The molecule has 1 aliphatic carbocycles. The first-order valence-electron chi connectivity index (χ1n) is 9.03. The van der Waals surface area contributed by atoms with Crippen molar-refractivity contribution in [2.24, 2.45) is 5.41 Å². The average molecular weight is 365 g/mol. The lowest BCUT2D eigenvalue weighted by Gasteiger charge is -2.27. The van der Waals surface area contributed by atoms with E-state index >= 15 is 0 Å². The number of hydrogen-bond acceptors (Lipinski definition) is 5. The number of carbonyl (C=O) groups is 4. The van der Waals surface area contributed by atoms with Crippen molar-refractivity contribution in [2.75, 3.05) is 11.4 Å². The average Bonchev–Trinajstić information content (AvgIpc) is 2.86. The zero-order chi connectivity index (χ0) is 20.1. The fourth-order valence-corrected chi connectivity index (χ4v) is 3.81. The van der Waals surface area contributed by atoms with Crippen molar-refractivity contribution in [3.8, 4) is 0 Å². The van der Waals surface area contributed by atoms with Crippen LogP contribution in [0, 0.1) is 5.41 Å². The molecule has 0 unspecified atom stereocenters. The SMILES string of the molecule is CCN1C(=CC=C2C(=O)C(=O)C(C)(C)C(=O)C2=O)C(C)(C)c2ccccc21. The molecule has 0 N–H and O–H groups in total. The minimum Gasteiger partial charge on any atom is -0.344 e. The number of rotatable bonds is 2. The molecule has 0 amide bonds. The molecule has 1 saturated carbocycles. The maximum Gasteiger partial charge on any atom is 0.233 e. The minimum absolute atomic E-state index is 0.336. The summed E-state index contributed by atoms with van der Waals surface area (Å²) in [5.74, 6) is -3.45. The van der Waals surface area contributed by atoms with Crippen LogP contribution in [0.3, 0.4) is 0 Å². The molecule has 1 heterocycles. The van der Waals surface area contributed by atoms with Crippen LogP contribution in [0.25, 0.3) is 0 Å². The van der Waals surface area contributed by atoms with Crippen molar-refractivity contribution in [3.63, 3.8) is 0 Å². The molecule has 0 saturated heterocycles. The van der Waals surface area contributed by atoms with Crippen molar-refractivity contribution < 1.29 is 19.2 Å². The summed E-state index contributed by atoms with van der Waals surface area (Å²) in [6.07, 6.45) is 3.02. The van der Waals surface area contributed by atoms with Gasteiger partial charge in [-0.15, -0.1) is 0 Å². The zero-order valence-electron chi connectivity index (χ0n) is 16.3. The van der Waals surface area contributed by atoms with Gasteiger partial charge in [-0.3, -0.25) is 19.2 Å². The highest BCUT2D eigenvalue weighted by Gasteiger charge is 2.51. The van der Waals surface area contributed by atoms with Gasteiger partial charge in [-0.2, -0.15) is 0 Å². The Morgan fingerprint density at radius 1 is 0.852 bits per heavy atom. The molecule has 2 aliphatic rings. The zero-order valence-corrected chi connectivity index (χ0v) is 16.3. The van der Waals surface area contributed by atoms with Crippen molar-refractivity contribution in [3.05, 3.63) is 53.3 Å². The van der Waals surface area contributed by atoms with E-state index in [2.05, 4.69) is 24.8 Å². The van der Waals surface area contributed by atoms with Crippen LogP contribution in [0.15, 0.2) is 47.7 Å². The van der Waals surface area contributed by atoms with Gasteiger partial charge < -0.3 is 4.90 Å². The Kier molecular flexibility index (Phi) is 4.29. The number of likely N-dealkylation sites (N-methyl/N-ethyl adjacent to an activating group) is 1. The summed E-state index contributed by atoms with van der Waals surface area (Å²) in [6, 6.07) is 8.02. The van der Waals surface area contributed by atoms with Crippen LogP contribution in [-0.2, 0) is 24.6 Å². The summed E-state index contributed by atoms with van der Waals surface area (Å²) in [5.41, 5.74) is 0.855. The highest BCUT2D eigenvalue weighted by molar-refractivity contribution is 6.69. The first kappa shape index (κ1) is 19.0. The molecule has 27 heavy (non-hydrogen) atoms. The molecule has 0 radical (unpaired) electrons. The van der Waals surface area contributed by atoms with Gasteiger partial charge in [0.1, 0.15) is 0 Å². The smallest absolute Gasteiger partial charge is 0.233 e. The van der Waals surface area contributed by atoms with E-state index in [4.69, 9.17) is 0 Å². The number of nitrogens with zero attached hydrogens (tertiary/aromatic N) is 1. The maximum absolute atomic E-state index is 12.4. The standard InChI is InChI=1S/C22H23NO4/c1-6-23-15-10-8-7-9-14(15)21(2,3)16(23)12-11-13-17(24)19(26)22(4,5)20(27)18(13)25/h7-12H,6H2,1-5H3. The molecular formula is C22H23NO4. The summed E-state index contributed by atoms with van der Waals surface area (Å²) in [4.78, 5) is 51.4. The second-order valence-electron chi connectivity index (χ2n) is 7.96. The van der Waals surface area contributed by atoms with Crippen LogP contribution in [0.2, 0.25) is 0 Å². The number of anilines is 1. The Hall–Kier alpha value is -2.82. The molecule has 0 atom stereocenters. The number of carbonyl (C=O) groups excluding carboxylic acids is 4. The Balaban J connectivity index is 2.10. The molecular weight excluding hydrogens is 342 g/mol. The van der Waals surface area contributed by atoms with Crippen LogP contribution in [-0.4, -0.2) is 29.7 Å². The summed E-state index contributed by atoms with van der Waals surface area (Å²) < 4.78 is 0. The van der Waals surface area contributed by atoms with Crippen LogP contribution in [0.4, 0.5) is 5.69 Å². The third kappa shape index (κ3) is 2.60. The van der Waals surface area contributed by atoms with E-state index in [1.165, 1.54) is 19.9 Å². The molecule has 3 rings (SSSR count). The van der Waals surface area contributed by atoms with Gasteiger partial charge in [-0.05, 0) is 44.6 Å². The molecule has 5 nitrogen and oxygen atoms in total. The van der Waals surface area contributed by atoms with Gasteiger partial charge in [0.05, 0.1) is 11.0 Å². The third-order valence-electron chi connectivity index (χ3n) is 5.56. The summed E-state index contributed by atoms with van der Waals surface area (Å²) >= 11 is 0. The predicted molar refractivity (Wildman–Crippen MR) is 102 cm³/mol.